The molecule has 2 aliphatic heterocycles. The molecular formula is C27H29F9N6O2. The summed E-state index contributed by atoms with van der Waals surface area (Å²) >= 11 is 0. The van der Waals surface area contributed by atoms with Crippen LogP contribution in [0.25, 0.3) is 0 Å². The van der Waals surface area contributed by atoms with E-state index in [-0.39, 0.29) is 41.9 Å². The number of benzene rings is 2. The summed E-state index contributed by atoms with van der Waals surface area (Å²) in [5.74, 6) is -2.03. The number of carboxylic acid groups (broad SMARTS) is 1. The first-order chi connectivity index (χ1) is 20.3. The summed E-state index contributed by atoms with van der Waals surface area (Å²) < 4.78 is 122. The quantitative estimate of drug-likeness (QED) is 0.328. The number of carboxylic acids is 1. The van der Waals surface area contributed by atoms with Gasteiger partial charge in [-0.25, -0.2) is 4.99 Å². The van der Waals surface area contributed by atoms with Crippen molar-refractivity contribution >= 4 is 17.6 Å². The smallest absolute Gasteiger partial charge is 0.416 e. The Morgan fingerprint density at radius 2 is 1.61 bits per heavy atom. The second-order valence-electron chi connectivity index (χ2n) is 10.8. The lowest BCUT2D eigenvalue weighted by Crippen LogP contribution is -2.39. The zero-order valence-corrected chi connectivity index (χ0v) is 23.6. The zero-order valence-electron chi connectivity index (χ0n) is 23.6. The van der Waals surface area contributed by atoms with Crippen LogP contribution in [0.5, 0.6) is 0 Å². The van der Waals surface area contributed by atoms with Gasteiger partial charge >= 0.3 is 24.5 Å². The van der Waals surface area contributed by atoms with Gasteiger partial charge < -0.3 is 10.0 Å². The maximum Gasteiger partial charge on any atom is 0.416 e. The van der Waals surface area contributed by atoms with Gasteiger partial charge in [0, 0.05) is 31.4 Å². The molecule has 0 spiro atoms. The number of guanidine groups is 1. The zero-order chi connectivity index (χ0) is 32.8. The van der Waals surface area contributed by atoms with Crippen LogP contribution in [0.3, 0.4) is 0 Å². The van der Waals surface area contributed by atoms with Crippen LogP contribution in [-0.2, 0) is 29.9 Å². The Kier molecular flexibility index (Phi) is 9.04. The molecule has 44 heavy (non-hydrogen) atoms. The van der Waals surface area contributed by atoms with Crippen molar-refractivity contribution in [3.8, 4) is 0 Å². The minimum absolute atomic E-state index is 0.000625. The molecule has 3 N–H and O–H groups in total. The number of aliphatic imine (C=N–C) groups is 1. The van der Waals surface area contributed by atoms with E-state index in [0.29, 0.717) is 30.5 Å². The van der Waals surface area contributed by atoms with E-state index >= 15 is 0 Å². The van der Waals surface area contributed by atoms with E-state index in [1.165, 1.54) is 37.1 Å². The topological polar surface area (TPSA) is 83.4 Å². The van der Waals surface area contributed by atoms with Crippen molar-refractivity contribution in [2.45, 2.75) is 57.8 Å². The highest BCUT2D eigenvalue weighted by Crippen LogP contribution is 2.42. The van der Waals surface area contributed by atoms with E-state index in [1.54, 1.807) is 4.90 Å². The molecule has 0 saturated carbocycles. The van der Waals surface area contributed by atoms with Crippen molar-refractivity contribution in [1.29, 1.82) is 0 Å². The number of hydrogen-bond acceptors (Lipinski definition) is 5. The van der Waals surface area contributed by atoms with Crippen LogP contribution < -0.4 is 15.9 Å². The number of fused-ring (bicyclic) bond motifs is 1. The van der Waals surface area contributed by atoms with E-state index in [1.807, 2.05) is 0 Å². The fraction of sp³-hybridized carbons (Fsp3) is 0.481. The van der Waals surface area contributed by atoms with Gasteiger partial charge in [-0.3, -0.25) is 15.2 Å². The number of nitrogens with one attached hydrogen (secondary N) is 2. The fourth-order valence-corrected chi connectivity index (χ4v) is 5.16. The largest absolute Gasteiger partial charge is 0.481 e. The molecule has 0 bridgehead atoms. The van der Waals surface area contributed by atoms with Crippen molar-refractivity contribution in [1.82, 2.24) is 21.1 Å². The molecule has 0 aliphatic carbocycles. The number of aliphatic carboxylic acids is 1. The van der Waals surface area contributed by atoms with Gasteiger partial charge in [-0.1, -0.05) is 13.0 Å². The molecule has 242 valence electrons. The number of hydrazine groups is 3. The average Bonchev–Trinajstić information content (AvgIpc) is 3.14. The third-order valence-corrected chi connectivity index (χ3v) is 7.39. The van der Waals surface area contributed by atoms with Crippen LogP contribution in [0.2, 0.25) is 0 Å². The van der Waals surface area contributed by atoms with Crippen molar-refractivity contribution < 1.29 is 49.4 Å². The first kappa shape index (κ1) is 33.2. The Labute approximate surface area is 246 Å². The lowest BCUT2D eigenvalue weighted by Gasteiger charge is -2.29. The summed E-state index contributed by atoms with van der Waals surface area (Å²) in [6, 6.07) is 2.73. The van der Waals surface area contributed by atoms with E-state index in [4.69, 9.17) is 0 Å². The van der Waals surface area contributed by atoms with Crippen molar-refractivity contribution in [3.63, 3.8) is 0 Å². The summed E-state index contributed by atoms with van der Waals surface area (Å²) in [7, 11) is 1.43. The minimum atomic E-state index is -5.04. The first-order valence-electron chi connectivity index (χ1n) is 13.3. The van der Waals surface area contributed by atoms with Crippen LogP contribution in [0.4, 0.5) is 45.2 Å². The standard InChI is InChI=1S/C27H29F9N6O2/c1-14-7-19-21(5-4-6-41(12-15(2)23(43)44)22(19)11-20(14)27(34,35)36)37-24-38-39-40(3)42(24)13-16-8-17(25(28,29)30)10-18(9-16)26(31,32)33/h7-11,15,21,39H,4-6,12-13H2,1-3H3,(H,37,38)(H,43,44)/t15?,21-/m0/s1. The van der Waals surface area contributed by atoms with E-state index in [9.17, 15) is 49.4 Å². The summed E-state index contributed by atoms with van der Waals surface area (Å²) in [6.45, 7) is 2.40. The average molecular weight is 641 g/mol. The van der Waals surface area contributed by atoms with Crippen LogP contribution in [-0.4, -0.2) is 47.3 Å². The highest BCUT2D eigenvalue weighted by atomic mass is 19.4. The van der Waals surface area contributed by atoms with Gasteiger partial charge in [0.25, 0.3) is 0 Å². The number of alkyl halides is 9. The van der Waals surface area contributed by atoms with Gasteiger partial charge in [0.15, 0.2) is 0 Å². The third-order valence-electron chi connectivity index (χ3n) is 7.39. The van der Waals surface area contributed by atoms with Gasteiger partial charge in [-0.2, -0.15) is 39.5 Å². The Hall–Kier alpha value is -3.73. The molecule has 1 fully saturated rings. The molecule has 2 aromatic rings. The summed E-state index contributed by atoms with van der Waals surface area (Å²) in [4.78, 5) is 17.7. The maximum absolute atomic E-state index is 13.9. The van der Waals surface area contributed by atoms with E-state index in [0.717, 1.165) is 6.07 Å². The lowest BCUT2D eigenvalue weighted by atomic mass is 9.96. The summed E-state index contributed by atoms with van der Waals surface area (Å²) in [6.07, 6.45) is -14.1. The van der Waals surface area contributed by atoms with Crippen molar-refractivity contribution in [2.24, 2.45) is 10.9 Å². The highest BCUT2D eigenvalue weighted by Gasteiger charge is 2.39. The van der Waals surface area contributed by atoms with Gasteiger partial charge in [-0.05, 0) is 55.2 Å². The molecule has 0 aromatic heterocycles. The predicted molar refractivity (Wildman–Crippen MR) is 141 cm³/mol. The van der Waals surface area contributed by atoms with Gasteiger partial charge in [0.2, 0.25) is 5.96 Å². The van der Waals surface area contributed by atoms with Gasteiger partial charge in [0.05, 0.1) is 35.2 Å². The molecule has 17 heteroatoms. The molecule has 4 rings (SSSR count). The molecule has 1 saturated heterocycles. The molecule has 0 radical (unpaired) electrons. The maximum atomic E-state index is 13.9. The van der Waals surface area contributed by atoms with E-state index in [2.05, 4.69) is 16.0 Å². The van der Waals surface area contributed by atoms with Crippen LogP contribution in [0.1, 0.15) is 59.2 Å². The lowest BCUT2D eigenvalue weighted by molar-refractivity contribution is -0.143. The molecule has 2 aromatic carbocycles. The molecule has 8 nitrogen and oxygen atoms in total. The Morgan fingerprint density at radius 1 is 1.00 bits per heavy atom. The second kappa shape index (κ2) is 12.0. The van der Waals surface area contributed by atoms with Crippen LogP contribution in [0, 0.1) is 12.8 Å². The fourth-order valence-electron chi connectivity index (χ4n) is 5.16. The summed E-state index contributed by atoms with van der Waals surface area (Å²) in [5, 5.41) is 11.9. The van der Waals surface area contributed by atoms with Crippen LogP contribution in [0.15, 0.2) is 35.3 Å². The minimum Gasteiger partial charge on any atom is -0.481 e. The monoisotopic (exact) mass is 640 g/mol. The molecule has 2 heterocycles. The van der Waals surface area contributed by atoms with Gasteiger partial charge in [0.1, 0.15) is 0 Å². The SMILES string of the molecule is Cc1cc2c(cc1C(F)(F)F)N(CC(C)C(=O)O)CCC[C@@H]2N=C1NNN(C)N1Cc1cc(C(F)(F)F)cc(C(F)(F)F)c1. The molecule has 2 aliphatic rings. The number of halogens is 9. The number of hydrogen-bond donors (Lipinski definition) is 3. The Balaban J connectivity index is 1.76. The first-order valence-corrected chi connectivity index (χ1v) is 13.3. The number of nitrogens with zero attached hydrogens (tertiary/aromatic N) is 4. The van der Waals surface area contributed by atoms with Crippen molar-refractivity contribution in [3.05, 3.63) is 63.7 Å². The highest BCUT2D eigenvalue weighted by molar-refractivity contribution is 5.81. The number of rotatable bonds is 6. The second-order valence-corrected chi connectivity index (χ2v) is 10.8. The Bertz CT molecular complexity index is 1390. The van der Waals surface area contributed by atoms with E-state index < -0.39 is 59.7 Å². The molecular weight excluding hydrogens is 611 g/mol. The van der Waals surface area contributed by atoms with Crippen LogP contribution >= 0.6 is 0 Å². The third kappa shape index (κ3) is 7.31. The van der Waals surface area contributed by atoms with Crippen molar-refractivity contribution in [2.75, 3.05) is 25.0 Å². The normalized spacial score (nSPS) is 20.0. The number of anilines is 1. The molecule has 1 unspecified atom stereocenters. The molecule has 2 atom stereocenters. The number of carbonyl (C=O) groups is 1. The Morgan fingerprint density at radius 3 is 2.16 bits per heavy atom. The van der Waals surface area contributed by atoms with Gasteiger partial charge in [-0.15, -0.1) is 10.7 Å². The summed E-state index contributed by atoms with van der Waals surface area (Å²) in [5.41, 5.74) is 1.60. The number of aryl methyl sites for hydroxylation is 1. The predicted octanol–water partition coefficient (Wildman–Crippen LogP) is 6.14. The molecule has 0 amide bonds.